The van der Waals surface area contributed by atoms with Crippen LogP contribution in [0.25, 0.3) is 0 Å². The molecule has 14 heavy (non-hydrogen) atoms. The Kier molecular flexibility index (Phi) is 3.51. The molecule has 2 N–H and O–H groups in total. The normalized spacial score (nSPS) is 9.64. The number of hydrogen-bond donors (Lipinski definition) is 2. The highest BCUT2D eigenvalue weighted by molar-refractivity contribution is 5.95. The molecular formula is C11H16N2O. The maximum absolute atomic E-state index is 11.3. The van der Waals surface area contributed by atoms with E-state index < -0.39 is 0 Å². The lowest BCUT2D eigenvalue weighted by Crippen LogP contribution is -2.18. The minimum atomic E-state index is -0.0517. The van der Waals surface area contributed by atoms with E-state index in [0.29, 0.717) is 5.56 Å². The van der Waals surface area contributed by atoms with Gasteiger partial charge in [-0.15, -0.1) is 0 Å². The maximum atomic E-state index is 11.3. The molecule has 1 aromatic rings. The Balaban J connectivity index is 2.99. The molecule has 0 aliphatic heterocycles. The zero-order chi connectivity index (χ0) is 10.6. The van der Waals surface area contributed by atoms with Crippen LogP contribution in [0.15, 0.2) is 18.2 Å². The van der Waals surface area contributed by atoms with Crippen molar-refractivity contribution in [2.45, 2.75) is 13.8 Å². The summed E-state index contributed by atoms with van der Waals surface area (Å²) in [6, 6.07) is 5.65. The van der Waals surface area contributed by atoms with Gasteiger partial charge < -0.3 is 10.6 Å². The molecule has 0 spiro atoms. The summed E-state index contributed by atoms with van der Waals surface area (Å²) in [5, 5.41) is 5.82. The van der Waals surface area contributed by atoms with Crippen molar-refractivity contribution < 1.29 is 4.79 Å². The zero-order valence-corrected chi connectivity index (χ0v) is 8.85. The SMILES string of the molecule is CCNc1cc(C(=O)NC)ccc1C. The predicted molar refractivity (Wildman–Crippen MR) is 58.7 cm³/mol. The number of aryl methyl sites for hydroxylation is 1. The molecule has 1 aromatic carbocycles. The van der Waals surface area contributed by atoms with Crippen molar-refractivity contribution in [1.82, 2.24) is 5.32 Å². The Bertz CT molecular complexity index is 334. The Labute approximate surface area is 84.5 Å². The van der Waals surface area contributed by atoms with Gasteiger partial charge in [-0.3, -0.25) is 4.79 Å². The van der Waals surface area contributed by atoms with Crippen LogP contribution in [0.2, 0.25) is 0 Å². The lowest BCUT2D eigenvalue weighted by Gasteiger charge is -2.09. The number of benzene rings is 1. The number of carbonyl (C=O) groups is 1. The van der Waals surface area contributed by atoms with Crippen molar-refractivity contribution >= 4 is 11.6 Å². The van der Waals surface area contributed by atoms with Gasteiger partial charge in [-0.1, -0.05) is 6.07 Å². The molecule has 0 aromatic heterocycles. The molecule has 0 heterocycles. The molecule has 0 atom stereocenters. The van der Waals surface area contributed by atoms with Crippen molar-refractivity contribution in [1.29, 1.82) is 0 Å². The van der Waals surface area contributed by atoms with Gasteiger partial charge in [0, 0.05) is 24.8 Å². The van der Waals surface area contributed by atoms with Crippen LogP contribution in [-0.4, -0.2) is 19.5 Å². The van der Waals surface area contributed by atoms with E-state index in [2.05, 4.69) is 10.6 Å². The zero-order valence-electron chi connectivity index (χ0n) is 8.85. The molecule has 0 saturated heterocycles. The van der Waals surface area contributed by atoms with E-state index in [-0.39, 0.29) is 5.91 Å². The summed E-state index contributed by atoms with van der Waals surface area (Å²) in [5.41, 5.74) is 2.86. The van der Waals surface area contributed by atoms with Gasteiger partial charge >= 0.3 is 0 Å². The van der Waals surface area contributed by atoms with Gasteiger partial charge in [0.2, 0.25) is 0 Å². The Hall–Kier alpha value is -1.51. The van der Waals surface area contributed by atoms with Crippen LogP contribution < -0.4 is 10.6 Å². The number of nitrogens with one attached hydrogen (secondary N) is 2. The van der Waals surface area contributed by atoms with Gasteiger partial charge in [-0.25, -0.2) is 0 Å². The lowest BCUT2D eigenvalue weighted by atomic mass is 10.1. The maximum Gasteiger partial charge on any atom is 0.251 e. The average molecular weight is 192 g/mol. The standard InChI is InChI=1S/C11H16N2O/c1-4-13-10-7-9(11(14)12-3)6-5-8(10)2/h5-7,13H,4H2,1-3H3,(H,12,14). The van der Waals surface area contributed by atoms with E-state index in [4.69, 9.17) is 0 Å². The van der Waals surface area contributed by atoms with E-state index in [9.17, 15) is 4.79 Å². The Morgan fingerprint density at radius 3 is 2.71 bits per heavy atom. The number of carbonyl (C=O) groups excluding carboxylic acids is 1. The topological polar surface area (TPSA) is 41.1 Å². The third kappa shape index (κ3) is 2.25. The second-order valence-electron chi connectivity index (χ2n) is 3.14. The molecule has 3 nitrogen and oxygen atoms in total. The van der Waals surface area contributed by atoms with Gasteiger partial charge in [-0.05, 0) is 31.5 Å². The van der Waals surface area contributed by atoms with Crippen LogP contribution in [0.5, 0.6) is 0 Å². The molecule has 3 heteroatoms. The third-order valence-electron chi connectivity index (χ3n) is 2.09. The first-order valence-corrected chi connectivity index (χ1v) is 4.75. The fraction of sp³-hybridized carbons (Fsp3) is 0.364. The minimum absolute atomic E-state index is 0.0517. The fourth-order valence-corrected chi connectivity index (χ4v) is 1.29. The van der Waals surface area contributed by atoms with Crippen molar-refractivity contribution in [3.63, 3.8) is 0 Å². The molecule has 76 valence electrons. The second-order valence-corrected chi connectivity index (χ2v) is 3.14. The summed E-state index contributed by atoms with van der Waals surface area (Å²) in [6.07, 6.45) is 0. The van der Waals surface area contributed by atoms with Crippen LogP contribution in [0.1, 0.15) is 22.8 Å². The average Bonchev–Trinajstić information content (AvgIpc) is 2.20. The van der Waals surface area contributed by atoms with Gasteiger partial charge in [0.05, 0.1) is 0 Å². The highest BCUT2D eigenvalue weighted by Gasteiger charge is 2.05. The Morgan fingerprint density at radius 1 is 1.43 bits per heavy atom. The summed E-state index contributed by atoms with van der Waals surface area (Å²) in [4.78, 5) is 11.3. The molecule has 0 aliphatic rings. The van der Waals surface area contributed by atoms with Gasteiger partial charge in [-0.2, -0.15) is 0 Å². The summed E-state index contributed by atoms with van der Waals surface area (Å²) >= 11 is 0. The molecule has 0 bridgehead atoms. The molecule has 0 aliphatic carbocycles. The van der Waals surface area contributed by atoms with Gasteiger partial charge in [0.1, 0.15) is 0 Å². The first-order valence-electron chi connectivity index (χ1n) is 4.75. The molecule has 0 saturated carbocycles. The molecule has 0 fully saturated rings. The van der Waals surface area contributed by atoms with Crippen LogP contribution in [-0.2, 0) is 0 Å². The molecule has 1 rings (SSSR count). The quantitative estimate of drug-likeness (QED) is 0.766. The van der Waals surface area contributed by atoms with Crippen LogP contribution in [0, 0.1) is 6.92 Å². The van der Waals surface area contributed by atoms with Crippen LogP contribution in [0.3, 0.4) is 0 Å². The monoisotopic (exact) mass is 192 g/mol. The van der Waals surface area contributed by atoms with E-state index in [0.717, 1.165) is 17.8 Å². The number of anilines is 1. The summed E-state index contributed by atoms with van der Waals surface area (Å²) in [6.45, 7) is 4.91. The molecular weight excluding hydrogens is 176 g/mol. The summed E-state index contributed by atoms with van der Waals surface area (Å²) in [7, 11) is 1.63. The molecule has 0 unspecified atom stereocenters. The third-order valence-corrected chi connectivity index (χ3v) is 2.09. The van der Waals surface area contributed by atoms with Crippen LogP contribution in [0.4, 0.5) is 5.69 Å². The van der Waals surface area contributed by atoms with Crippen molar-refractivity contribution in [3.8, 4) is 0 Å². The van der Waals surface area contributed by atoms with Crippen molar-refractivity contribution in [3.05, 3.63) is 29.3 Å². The summed E-state index contributed by atoms with van der Waals surface area (Å²) < 4.78 is 0. The van der Waals surface area contributed by atoms with E-state index in [1.54, 1.807) is 7.05 Å². The second kappa shape index (κ2) is 4.65. The number of hydrogen-bond acceptors (Lipinski definition) is 2. The van der Waals surface area contributed by atoms with E-state index in [1.165, 1.54) is 0 Å². The predicted octanol–water partition coefficient (Wildman–Crippen LogP) is 1.79. The lowest BCUT2D eigenvalue weighted by molar-refractivity contribution is 0.0963. The highest BCUT2D eigenvalue weighted by Crippen LogP contribution is 2.16. The van der Waals surface area contributed by atoms with E-state index >= 15 is 0 Å². The fourth-order valence-electron chi connectivity index (χ4n) is 1.29. The van der Waals surface area contributed by atoms with Gasteiger partial charge in [0.15, 0.2) is 0 Å². The number of amides is 1. The van der Waals surface area contributed by atoms with Gasteiger partial charge in [0.25, 0.3) is 5.91 Å². The molecule has 1 amide bonds. The van der Waals surface area contributed by atoms with Crippen LogP contribution >= 0.6 is 0 Å². The summed E-state index contributed by atoms with van der Waals surface area (Å²) in [5.74, 6) is -0.0517. The van der Waals surface area contributed by atoms with Crippen molar-refractivity contribution in [2.75, 3.05) is 18.9 Å². The Morgan fingerprint density at radius 2 is 2.14 bits per heavy atom. The van der Waals surface area contributed by atoms with Crippen molar-refractivity contribution in [2.24, 2.45) is 0 Å². The smallest absolute Gasteiger partial charge is 0.251 e. The largest absolute Gasteiger partial charge is 0.385 e. The molecule has 0 radical (unpaired) electrons. The highest BCUT2D eigenvalue weighted by atomic mass is 16.1. The number of rotatable bonds is 3. The van der Waals surface area contributed by atoms with E-state index in [1.807, 2.05) is 32.0 Å². The first kappa shape index (κ1) is 10.6. The minimum Gasteiger partial charge on any atom is -0.385 e. The first-order chi connectivity index (χ1) is 6.69.